The highest BCUT2D eigenvalue weighted by atomic mass is 16.5. The molecule has 0 radical (unpaired) electrons. The molecule has 34 heavy (non-hydrogen) atoms. The molecule has 2 aromatic rings. The highest BCUT2D eigenvalue weighted by Gasteiger charge is 2.58. The molecule has 1 heterocycles. The molecule has 0 aliphatic heterocycles. The second-order valence-corrected chi connectivity index (χ2v) is 8.89. The number of H-pyrrole nitrogens is 1. The van der Waals surface area contributed by atoms with Crippen LogP contribution in [0.4, 0.5) is 5.69 Å². The van der Waals surface area contributed by atoms with Crippen LogP contribution in [0.15, 0.2) is 30.3 Å². The second kappa shape index (κ2) is 10.3. The molecule has 2 saturated carbocycles. The number of para-hydroxylation sites is 2. The lowest BCUT2D eigenvalue weighted by Crippen LogP contribution is -2.54. The lowest BCUT2D eigenvalue weighted by atomic mass is 10.1. The summed E-state index contributed by atoms with van der Waals surface area (Å²) in [5.74, 6) is -0.750. The van der Waals surface area contributed by atoms with Gasteiger partial charge in [0.25, 0.3) is 5.91 Å². The van der Waals surface area contributed by atoms with Gasteiger partial charge in [0.2, 0.25) is 5.91 Å². The maximum atomic E-state index is 13.8. The number of hydrogen-bond donors (Lipinski definition) is 2. The van der Waals surface area contributed by atoms with Crippen molar-refractivity contribution in [1.29, 1.82) is 0 Å². The summed E-state index contributed by atoms with van der Waals surface area (Å²) < 4.78 is 10.5. The fourth-order valence-corrected chi connectivity index (χ4v) is 4.62. The van der Waals surface area contributed by atoms with Crippen molar-refractivity contribution in [2.75, 3.05) is 18.6 Å². The first-order valence-corrected chi connectivity index (χ1v) is 12.0. The van der Waals surface area contributed by atoms with Crippen LogP contribution < -0.4 is 15.0 Å². The van der Waals surface area contributed by atoms with Crippen LogP contribution in [0.2, 0.25) is 0 Å². The number of carbonyl (C=O) groups is 3. The van der Waals surface area contributed by atoms with Gasteiger partial charge in [-0.15, -0.1) is 0 Å². The van der Waals surface area contributed by atoms with Crippen LogP contribution in [0.1, 0.15) is 79.3 Å². The van der Waals surface area contributed by atoms with E-state index in [-0.39, 0.29) is 29.9 Å². The zero-order valence-electron chi connectivity index (χ0n) is 19.8. The Labute approximate surface area is 199 Å². The van der Waals surface area contributed by atoms with Crippen LogP contribution in [-0.2, 0) is 9.53 Å². The van der Waals surface area contributed by atoms with Crippen molar-refractivity contribution in [1.82, 2.24) is 15.5 Å². The van der Waals surface area contributed by atoms with E-state index in [2.05, 4.69) is 15.5 Å². The lowest BCUT2D eigenvalue weighted by Gasteiger charge is -2.33. The van der Waals surface area contributed by atoms with Crippen LogP contribution in [0.3, 0.4) is 0 Å². The van der Waals surface area contributed by atoms with Crippen molar-refractivity contribution in [2.24, 2.45) is 0 Å². The molecule has 2 aliphatic carbocycles. The Morgan fingerprint density at radius 2 is 1.85 bits per heavy atom. The topological polar surface area (TPSA) is 114 Å². The van der Waals surface area contributed by atoms with Gasteiger partial charge in [0.05, 0.1) is 19.4 Å². The van der Waals surface area contributed by atoms with Crippen molar-refractivity contribution >= 4 is 23.5 Å². The molecule has 4 rings (SSSR count). The van der Waals surface area contributed by atoms with Crippen molar-refractivity contribution in [3.8, 4) is 5.75 Å². The Morgan fingerprint density at radius 3 is 2.50 bits per heavy atom. The fourth-order valence-electron chi connectivity index (χ4n) is 4.62. The summed E-state index contributed by atoms with van der Waals surface area (Å²) in [4.78, 5) is 41.0. The normalized spacial score (nSPS) is 17.4. The average molecular weight is 469 g/mol. The Hall–Kier alpha value is -3.36. The number of nitrogens with zero attached hydrogens (tertiary/aromatic N) is 2. The quantitative estimate of drug-likeness (QED) is 0.452. The van der Waals surface area contributed by atoms with Crippen molar-refractivity contribution in [2.45, 2.75) is 69.9 Å². The van der Waals surface area contributed by atoms with E-state index in [0.29, 0.717) is 24.3 Å². The molecular formula is C25H32N4O5. The first kappa shape index (κ1) is 23.8. The summed E-state index contributed by atoms with van der Waals surface area (Å²) in [6, 6.07) is 8.60. The van der Waals surface area contributed by atoms with Gasteiger partial charge >= 0.3 is 5.97 Å². The highest BCUT2D eigenvalue weighted by Crippen LogP contribution is 2.47. The Balaban J connectivity index is 1.67. The van der Waals surface area contributed by atoms with Crippen LogP contribution in [0, 0.1) is 0 Å². The molecule has 2 N–H and O–H groups in total. The van der Waals surface area contributed by atoms with Crippen molar-refractivity contribution in [3.63, 3.8) is 0 Å². The molecule has 182 valence electrons. The van der Waals surface area contributed by atoms with Crippen molar-refractivity contribution in [3.05, 3.63) is 41.7 Å². The zero-order chi connectivity index (χ0) is 24.1. The van der Waals surface area contributed by atoms with Gasteiger partial charge in [-0.1, -0.05) is 37.8 Å². The molecule has 0 saturated heterocycles. The number of esters is 1. The van der Waals surface area contributed by atoms with Crippen LogP contribution >= 0.6 is 0 Å². The highest BCUT2D eigenvalue weighted by molar-refractivity contribution is 6.13. The summed E-state index contributed by atoms with van der Waals surface area (Å²) in [5, 5.41) is 9.86. The SMILES string of the molecule is CCOC(=O)c1cc(C(=O)N(c2ccccc2OC)C2(C(=O)NC3CCCCCC3)CC2)n[nH]1. The van der Waals surface area contributed by atoms with E-state index in [1.807, 2.05) is 6.07 Å². The van der Waals surface area contributed by atoms with E-state index >= 15 is 0 Å². The van der Waals surface area contributed by atoms with E-state index in [1.165, 1.54) is 30.9 Å². The number of methoxy groups -OCH3 is 1. The number of hydrogen-bond acceptors (Lipinski definition) is 6. The molecule has 1 aromatic carbocycles. The second-order valence-electron chi connectivity index (χ2n) is 8.89. The van der Waals surface area contributed by atoms with Gasteiger partial charge in [0, 0.05) is 12.1 Å². The van der Waals surface area contributed by atoms with Crippen LogP contribution in [-0.4, -0.2) is 53.3 Å². The molecule has 0 atom stereocenters. The van der Waals surface area contributed by atoms with Gasteiger partial charge in [0.1, 0.15) is 17.0 Å². The summed E-state index contributed by atoms with van der Waals surface area (Å²) in [6.07, 6.45) is 7.53. The number of amides is 2. The number of carbonyl (C=O) groups excluding carboxylic acids is 3. The Morgan fingerprint density at radius 1 is 1.15 bits per heavy atom. The predicted octanol–water partition coefficient (Wildman–Crippen LogP) is 3.61. The first-order chi connectivity index (χ1) is 16.5. The van der Waals surface area contributed by atoms with Crippen LogP contribution in [0.5, 0.6) is 5.75 Å². The molecule has 0 bridgehead atoms. The third-order valence-corrected chi connectivity index (χ3v) is 6.59. The third kappa shape index (κ3) is 4.78. The van der Waals surface area contributed by atoms with Gasteiger partial charge in [-0.2, -0.15) is 5.10 Å². The molecule has 1 aromatic heterocycles. The van der Waals surface area contributed by atoms with E-state index in [0.717, 1.165) is 25.7 Å². The van der Waals surface area contributed by atoms with E-state index in [4.69, 9.17) is 9.47 Å². The van der Waals surface area contributed by atoms with E-state index < -0.39 is 17.4 Å². The molecule has 0 unspecified atom stereocenters. The minimum atomic E-state index is -1.03. The number of aromatic amines is 1. The molecular weight excluding hydrogens is 436 g/mol. The minimum absolute atomic E-state index is 0.0301. The molecule has 9 nitrogen and oxygen atoms in total. The third-order valence-electron chi connectivity index (χ3n) is 6.59. The summed E-state index contributed by atoms with van der Waals surface area (Å²) in [5.41, 5.74) is -0.425. The summed E-state index contributed by atoms with van der Waals surface area (Å²) >= 11 is 0. The van der Waals surface area contributed by atoms with E-state index in [1.54, 1.807) is 25.1 Å². The number of anilines is 1. The van der Waals surface area contributed by atoms with Crippen molar-refractivity contribution < 1.29 is 23.9 Å². The minimum Gasteiger partial charge on any atom is -0.495 e. The molecule has 2 fully saturated rings. The Kier molecular flexibility index (Phi) is 7.19. The van der Waals surface area contributed by atoms with Crippen LogP contribution in [0.25, 0.3) is 0 Å². The van der Waals surface area contributed by atoms with Gasteiger partial charge in [-0.05, 0) is 44.7 Å². The smallest absolute Gasteiger partial charge is 0.356 e. The average Bonchev–Trinajstić information content (AvgIpc) is 3.55. The van der Waals surface area contributed by atoms with Gasteiger partial charge in [0.15, 0.2) is 5.69 Å². The van der Waals surface area contributed by atoms with E-state index in [9.17, 15) is 14.4 Å². The Bertz CT molecular complexity index is 1040. The summed E-state index contributed by atoms with van der Waals surface area (Å²) in [6.45, 7) is 1.91. The number of nitrogens with one attached hydrogen (secondary N) is 2. The monoisotopic (exact) mass is 468 g/mol. The predicted molar refractivity (Wildman–Crippen MR) is 126 cm³/mol. The maximum Gasteiger partial charge on any atom is 0.356 e. The maximum absolute atomic E-state index is 13.8. The zero-order valence-corrected chi connectivity index (χ0v) is 19.8. The molecule has 0 spiro atoms. The number of aromatic nitrogens is 2. The van der Waals surface area contributed by atoms with Gasteiger partial charge in [-0.25, -0.2) is 4.79 Å². The molecule has 2 aliphatic rings. The number of benzene rings is 1. The molecule has 9 heteroatoms. The standard InChI is InChI=1S/C25H32N4O5/c1-3-34-23(31)19-16-18(27-28-19)22(30)29(20-12-8-9-13-21(20)33-2)25(14-15-25)24(32)26-17-10-6-4-5-7-11-17/h8-9,12-13,16-17H,3-7,10-11,14-15H2,1-2H3,(H,26,32)(H,27,28). The first-order valence-electron chi connectivity index (χ1n) is 12.0. The fraction of sp³-hybridized carbons (Fsp3) is 0.520. The summed E-state index contributed by atoms with van der Waals surface area (Å²) in [7, 11) is 1.53. The number of rotatable bonds is 8. The van der Waals surface area contributed by atoms with Gasteiger partial charge in [-0.3, -0.25) is 19.6 Å². The van der Waals surface area contributed by atoms with Gasteiger partial charge < -0.3 is 14.8 Å². The lowest BCUT2D eigenvalue weighted by molar-refractivity contribution is -0.124. The number of ether oxygens (including phenoxy) is 2. The largest absolute Gasteiger partial charge is 0.495 e. The molecule has 2 amide bonds.